The van der Waals surface area contributed by atoms with Crippen LogP contribution >= 0.6 is 0 Å². The summed E-state index contributed by atoms with van der Waals surface area (Å²) in [5.41, 5.74) is 38.1. The van der Waals surface area contributed by atoms with Gasteiger partial charge in [-0.15, -0.1) is 0 Å². The van der Waals surface area contributed by atoms with Crippen molar-refractivity contribution in [2.24, 2.45) is 0 Å². The molecule has 0 aliphatic heterocycles. The van der Waals surface area contributed by atoms with Gasteiger partial charge in [0.15, 0.2) is 0 Å². The van der Waals surface area contributed by atoms with Crippen molar-refractivity contribution in [3.63, 3.8) is 0 Å². The Balaban J connectivity index is 0.000000110. The Kier molecular flexibility index (Phi) is 21.5. The van der Waals surface area contributed by atoms with Crippen molar-refractivity contribution in [2.45, 2.75) is 0 Å². The molecular formula is C129H79N15. The second-order valence-electron chi connectivity index (χ2n) is 35.8. The van der Waals surface area contributed by atoms with Gasteiger partial charge < -0.3 is 0 Å². The molecule has 0 aliphatic rings. The van der Waals surface area contributed by atoms with Gasteiger partial charge in [0.25, 0.3) is 0 Å². The third-order valence-electron chi connectivity index (χ3n) is 27.0. The average Bonchev–Trinajstić information content (AvgIpc) is 0.762. The highest BCUT2D eigenvalue weighted by molar-refractivity contribution is 6.12. The number of aromatic nitrogens is 15. The van der Waals surface area contributed by atoms with Gasteiger partial charge >= 0.3 is 0 Å². The first-order chi connectivity index (χ1) is 71.2. The first-order valence-electron chi connectivity index (χ1n) is 47.8. The van der Waals surface area contributed by atoms with Crippen LogP contribution in [0.25, 0.3) is 277 Å². The van der Waals surface area contributed by atoms with Gasteiger partial charge in [0.2, 0.25) is 0 Å². The molecule has 15 heterocycles. The lowest BCUT2D eigenvalue weighted by Gasteiger charge is -2.11. The molecule has 0 fully saturated rings. The Morgan fingerprint density at radius 2 is 0.375 bits per heavy atom. The Bertz CT molecular complexity index is 9870. The Hall–Kier alpha value is -19.8. The minimum atomic E-state index is 0.903. The fourth-order valence-electron chi connectivity index (χ4n) is 19.5. The van der Waals surface area contributed by atoms with E-state index in [1.807, 2.05) is 134 Å². The number of benzene rings is 13. The molecule has 0 aliphatic carbocycles. The van der Waals surface area contributed by atoms with Gasteiger partial charge in [-0.25, -0.2) is 39.9 Å². The van der Waals surface area contributed by atoms with Gasteiger partial charge in [-0.05, 0) is 207 Å². The lowest BCUT2D eigenvalue weighted by atomic mass is 9.96. The number of fused-ring (bicyclic) bond motifs is 15. The fourth-order valence-corrected chi connectivity index (χ4v) is 19.5. The molecule has 0 N–H and O–H groups in total. The summed E-state index contributed by atoms with van der Waals surface area (Å²) in [5, 5.41) is 13.1. The van der Waals surface area contributed by atoms with Crippen LogP contribution in [0.1, 0.15) is 0 Å². The minimum Gasteiger partial charge on any atom is -0.264 e. The lowest BCUT2D eigenvalue weighted by molar-refractivity contribution is 1.30. The third kappa shape index (κ3) is 16.6. The smallest absolute Gasteiger partial charge is 0.0972 e. The van der Waals surface area contributed by atoms with E-state index in [1.54, 1.807) is 18.6 Å². The number of hydrogen-bond donors (Lipinski definition) is 0. The van der Waals surface area contributed by atoms with Crippen LogP contribution in [-0.4, -0.2) is 74.8 Å². The van der Waals surface area contributed by atoms with Crippen molar-refractivity contribution in [1.29, 1.82) is 0 Å². The molecule has 15 heteroatoms. The van der Waals surface area contributed by atoms with Crippen molar-refractivity contribution < 1.29 is 0 Å². The third-order valence-corrected chi connectivity index (χ3v) is 27.0. The number of rotatable bonds is 13. The minimum absolute atomic E-state index is 0.903. The molecule has 0 bridgehead atoms. The maximum Gasteiger partial charge on any atom is 0.0972 e. The zero-order valence-electron chi connectivity index (χ0n) is 77.3. The highest BCUT2D eigenvalue weighted by Gasteiger charge is 2.19. The molecule has 0 saturated carbocycles. The highest BCUT2D eigenvalue weighted by Crippen LogP contribution is 2.41. The summed E-state index contributed by atoms with van der Waals surface area (Å²) in [5.74, 6) is 0. The molecule has 0 amide bonds. The van der Waals surface area contributed by atoms with Gasteiger partial charge in [-0.3, -0.25) is 34.9 Å². The van der Waals surface area contributed by atoms with Crippen LogP contribution in [0.2, 0.25) is 0 Å². The topological polar surface area (TPSA) is 193 Å². The van der Waals surface area contributed by atoms with Crippen molar-refractivity contribution >= 4 is 131 Å². The van der Waals surface area contributed by atoms with E-state index in [9.17, 15) is 0 Å². The summed E-state index contributed by atoms with van der Waals surface area (Å²) >= 11 is 0. The maximum absolute atomic E-state index is 5.14. The first-order valence-corrected chi connectivity index (χ1v) is 47.8. The number of hydrogen-bond acceptors (Lipinski definition) is 15. The second-order valence-corrected chi connectivity index (χ2v) is 35.8. The summed E-state index contributed by atoms with van der Waals surface area (Å²) in [7, 11) is 0. The van der Waals surface area contributed by atoms with Gasteiger partial charge in [0, 0.05) is 171 Å². The molecule has 15 nitrogen and oxygen atoms in total. The Labute approximate surface area is 826 Å². The number of nitrogens with zero attached hydrogens (tertiary/aromatic N) is 15. The van der Waals surface area contributed by atoms with E-state index in [-0.39, 0.29) is 0 Å². The average molecular weight is 1840 g/mol. The van der Waals surface area contributed by atoms with E-state index < -0.39 is 0 Å². The van der Waals surface area contributed by atoms with Crippen molar-refractivity contribution in [3.8, 4) is 146 Å². The molecule has 0 unspecified atom stereocenters. The van der Waals surface area contributed by atoms with E-state index in [0.717, 1.165) is 277 Å². The highest BCUT2D eigenvalue weighted by atomic mass is 14.8. The van der Waals surface area contributed by atoms with Crippen molar-refractivity contribution in [3.05, 3.63) is 481 Å². The first kappa shape index (κ1) is 84.7. The molecule has 670 valence electrons. The molecule has 28 rings (SSSR count). The number of pyridine rings is 15. The van der Waals surface area contributed by atoms with E-state index in [1.165, 1.54) is 0 Å². The summed E-state index contributed by atoms with van der Waals surface area (Å²) in [6.07, 6.45) is 18.2. The molecule has 0 radical (unpaired) electrons. The predicted octanol–water partition coefficient (Wildman–Crippen LogP) is 31.5. The van der Waals surface area contributed by atoms with E-state index in [2.05, 4.69) is 362 Å². The largest absolute Gasteiger partial charge is 0.264 e. The quantitative estimate of drug-likeness (QED) is 0.0989. The molecule has 28 aromatic rings. The summed E-state index contributed by atoms with van der Waals surface area (Å²) in [4.78, 5) is 71.7. The summed E-state index contributed by atoms with van der Waals surface area (Å²) in [6.45, 7) is 0. The zero-order chi connectivity index (χ0) is 95.3. The molecule has 0 spiro atoms. The van der Waals surface area contributed by atoms with Crippen LogP contribution in [0.4, 0.5) is 0 Å². The van der Waals surface area contributed by atoms with Gasteiger partial charge in [0.1, 0.15) is 0 Å². The van der Waals surface area contributed by atoms with Crippen LogP contribution in [0.5, 0.6) is 0 Å². The Morgan fingerprint density at radius 3 is 0.743 bits per heavy atom. The molecular weight excluding hydrogens is 1760 g/mol. The van der Waals surface area contributed by atoms with E-state index in [4.69, 9.17) is 39.9 Å². The monoisotopic (exact) mass is 1840 g/mol. The normalized spacial score (nSPS) is 11.5. The SMILES string of the molecule is c1ccc(-c2ccc3ccc4ccc(-c5ccc(-c6ccc7ccc(-c8ccc9ccc(-c%10cccnc%10)nc9c8)cc7n6)cc5)nc4c3n2)cc1.c1cncc(-c2ccc3ccc(-c4ccc5ccc(-c6ccc(-c7cc8cccnc8c8ncccc78)cc6)nc5c4)cc3n2)c1.c1cncc(-c2ccc3ccc(-c4ccc5ccc(-c6ccc(-c7ccnc8c7ccc7cccnc78)cc6)nc5c4)cc3n2)c1. The van der Waals surface area contributed by atoms with Gasteiger partial charge in [-0.2, -0.15) is 0 Å². The predicted molar refractivity (Wildman–Crippen MR) is 587 cm³/mol. The maximum atomic E-state index is 5.14. The molecule has 0 saturated heterocycles. The van der Waals surface area contributed by atoms with Gasteiger partial charge in [0.05, 0.1) is 112 Å². The molecule has 13 aromatic carbocycles. The van der Waals surface area contributed by atoms with E-state index in [0.29, 0.717) is 0 Å². The van der Waals surface area contributed by atoms with Crippen LogP contribution < -0.4 is 0 Å². The second kappa shape index (κ2) is 36.6. The zero-order valence-corrected chi connectivity index (χ0v) is 77.3. The van der Waals surface area contributed by atoms with Crippen molar-refractivity contribution in [2.75, 3.05) is 0 Å². The van der Waals surface area contributed by atoms with Crippen LogP contribution in [-0.2, 0) is 0 Å². The molecule has 0 atom stereocenters. The standard InChI is InChI=1S/C47H29N5.2C41H25N5/c1-2-5-30(6-3-1)41-24-20-35-14-15-36-21-25-42(52-47(36)46(35)51-41)32-10-8-31(9-11-32)40-22-18-33-12-16-37(27-44(33)49-40)38-17-13-34-19-23-43(50-45(34)28-38)39-7-4-26-48-29-39;1-5-33(25-42-19-1)37-18-16-29-12-14-31(24-39(29)46-37)30-13-11-28-15-17-36(45-38(28)23-30)27-9-7-26(8-10-27)35-22-32-4-2-20-43-40(32)41-34(35)6-3-21-44-41;1-4-33(25-42-20-1)37-18-15-29-10-12-32(24-39(29)46-37)31-11-9-28-14-17-36(45-38(28)23-31)27-7-5-26(6-8-27)34-19-22-44-41-35(34)16-13-30-3-2-21-43-40(30)41/h1-29H;2*1-25H. The summed E-state index contributed by atoms with van der Waals surface area (Å²) in [6, 6.07) is 145. The van der Waals surface area contributed by atoms with Crippen molar-refractivity contribution in [1.82, 2.24) is 74.8 Å². The summed E-state index contributed by atoms with van der Waals surface area (Å²) < 4.78 is 0. The molecule has 15 aromatic heterocycles. The van der Waals surface area contributed by atoms with Crippen LogP contribution in [0.3, 0.4) is 0 Å². The van der Waals surface area contributed by atoms with Gasteiger partial charge in [-0.1, -0.05) is 267 Å². The van der Waals surface area contributed by atoms with Crippen LogP contribution in [0, 0.1) is 0 Å². The fraction of sp³-hybridized carbons (Fsp3) is 0. The lowest BCUT2D eigenvalue weighted by Crippen LogP contribution is -1.91. The van der Waals surface area contributed by atoms with E-state index >= 15 is 0 Å². The molecule has 144 heavy (non-hydrogen) atoms. The Morgan fingerprint density at radius 1 is 0.125 bits per heavy atom. The van der Waals surface area contributed by atoms with Crippen LogP contribution in [0.15, 0.2) is 481 Å².